The zero-order valence-electron chi connectivity index (χ0n) is 22.2. The fourth-order valence-electron chi connectivity index (χ4n) is 6.89. The molecule has 1 saturated heterocycles. The summed E-state index contributed by atoms with van der Waals surface area (Å²) >= 11 is 0. The summed E-state index contributed by atoms with van der Waals surface area (Å²) in [6, 6.07) is 8.26. The highest BCUT2D eigenvalue weighted by Crippen LogP contribution is 2.82. The Labute approximate surface area is 210 Å². The molecule has 1 atom stereocenters. The summed E-state index contributed by atoms with van der Waals surface area (Å²) in [6.07, 6.45) is 1.74. The van der Waals surface area contributed by atoms with Gasteiger partial charge in [-0.15, -0.1) is 0 Å². The number of fused-ring (bicyclic) bond motifs is 1. The number of aromatic nitrogens is 4. The van der Waals surface area contributed by atoms with Crippen molar-refractivity contribution in [3.63, 3.8) is 0 Å². The van der Waals surface area contributed by atoms with Crippen LogP contribution in [0.2, 0.25) is 5.82 Å². The van der Waals surface area contributed by atoms with E-state index in [0.717, 1.165) is 29.0 Å². The number of aryl methyl sites for hydroxylation is 2. The molecule has 36 heavy (non-hydrogen) atoms. The van der Waals surface area contributed by atoms with Crippen LogP contribution < -0.4 is 16.0 Å². The van der Waals surface area contributed by atoms with Crippen molar-refractivity contribution >= 4 is 18.3 Å². The molecule has 9 nitrogen and oxygen atoms in total. The first-order valence-corrected chi connectivity index (χ1v) is 12.4. The number of ether oxygens (including phenoxy) is 1. The maximum atomic E-state index is 13.1. The van der Waals surface area contributed by atoms with Crippen LogP contribution in [0.15, 0.2) is 33.9 Å². The summed E-state index contributed by atoms with van der Waals surface area (Å²) < 4.78 is 23.1. The van der Waals surface area contributed by atoms with Gasteiger partial charge in [0.15, 0.2) is 11.2 Å². The number of benzene rings is 1. The molecule has 3 aliphatic carbocycles. The highest BCUT2D eigenvalue weighted by atomic mass is 16.7. The minimum absolute atomic E-state index is 0.0100. The summed E-state index contributed by atoms with van der Waals surface area (Å²) in [7, 11) is 6.28. The number of nitrogens with zero attached hydrogens (tertiary/aromatic N) is 4. The van der Waals surface area contributed by atoms with Crippen molar-refractivity contribution in [1.82, 2.24) is 18.7 Å². The smallest absolute Gasteiger partial charge is 0.463 e. The van der Waals surface area contributed by atoms with Crippen molar-refractivity contribution in [2.45, 2.75) is 68.4 Å². The first-order chi connectivity index (χ1) is 16.8. The van der Waals surface area contributed by atoms with E-state index in [1.165, 1.54) is 17.2 Å². The van der Waals surface area contributed by atoms with Gasteiger partial charge in [-0.3, -0.25) is 13.9 Å². The van der Waals surface area contributed by atoms with Crippen LogP contribution in [-0.4, -0.2) is 44.1 Å². The lowest BCUT2D eigenvalue weighted by Crippen LogP contribution is -2.76. The number of imidazole rings is 1. The Hall–Kier alpha value is -2.85. The van der Waals surface area contributed by atoms with E-state index in [-0.39, 0.29) is 27.9 Å². The topological polar surface area (TPSA) is 89.5 Å². The molecule has 3 saturated carbocycles. The fraction of sp³-hybridized carbons (Fsp3) is 0.577. The van der Waals surface area contributed by atoms with Crippen molar-refractivity contribution in [3.05, 3.63) is 56.5 Å². The molecule has 0 radical (unpaired) electrons. The molecule has 3 heterocycles. The van der Waals surface area contributed by atoms with Crippen LogP contribution in [0.4, 0.5) is 0 Å². The van der Waals surface area contributed by atoms with Crippen LogP contribution in [0.3, 0.4) is 0 Å². The van der Waals surface area contributed by atoms with Gasteiger partial charge in [0, 0.05) is 32.4 Å². The average molecular weight is 492 g/mol. The molecular weight excluding hydrogens is 459 g/mol. The van der Waals surface area contributed by atoms with E-state index in [4.69, 9.17) is 19.0 Å². The van der Waals surface area contributed by atoms with Gasteiger partial charge in [0.05, 0.1) is 18.3 Å². The first-order valence-electron chi connectivity index (χ1n) is 12.4. The molecule has 2 bridgehead atoms. The molecule has 4 fully saturated rings. The van der Waals surface area contributed by atoms with Gasteiger partial charge >= 0.3 is 12.8 Å². The Kier molecular flexibility index (Phi) is 4.53. The number of rotatable bonds is 4. The van der Waals surface area contributed by atoms with Crippen molar-refractivity contribution in [1.29, 1.82) is 0 Å². The second kappa shape index (κ2) is 6.92. The maximum Gasteiger partial charge on any atom is 0.463 e. The van der Waals surface area contributed by atoms with Gasteiger partial charge in [0.1, 0.15) is 11.6 Å². The third-order valence-corrected chi connectivity index (χ3v) is 9.58. The second-order valence-electron chi connectivity index (χ2n) is 11.9. The van der Waals surface area contributed by atoms with E-state index in [1.54, 1.807) is 14.2 Å². The highest BCUT2D eigenvalue weighted by Gasteiger charge is 2.82. The molecule has 1 unspecified atom stereocenters. The van der Waals surface area contributed by atoms with E-state index in [2.05, 4.69) is 39.8 Å². The maximum absolute atomic E-state index is 13.1. The molecule has 3 aromatic rings. The molecule has 1 aromatic carbocycles. The van der Waals surface area contributed by atoms with Crippen molar-refractivity contribution in [2.24, 2.45) is 21.1 Å². The van der Waals surface area contributed by atoms with E-state index >= 15 is 0 Å². The third kappa shape index (κ3) is 2.61. The standard InChI is InChI=1S/C26H33BN4O5/c1-23(2)24(3,4)36-27(35-23)20-25(15-9-11-16(34-8)12-10-15)13-26(20,14-25)21-28-18-17(29(21)5)19(32)31(7)22(33)30(18)6/h9-12,20H,13-14H2,1-8H3. The lowest BCUT2D eigenvalue weighted by atomic mass is 9.20. The van der Waals surface area contributed by atoms with E-state index < -0.39 is 18.3 Å². The second-order valence-corrected chi connectivity index (χ2v) is 11.9. The summed E-state index contributed by atoms with van der Waals surface area (Å²) in [6.45, 7) is 8.27. The Morgan fingerprint density at radius 2 is 1.50 bits per heavy atom. The van der Waals surface area contributed by atoms with E-state index in [1.807, 2.05) is 23.7 Å². The van der Waals surface area contributed by atoms with Gasteiger partial charge in [-0.1, -0.05) is 12.1 Å². The van der Waals surface area contributed by atoms with Gasteiger partial charge < -0.3 is 18.6 Å². The first kappa shape index (κ1) is 23.5. The van der Waals surface area contributed by atoms with Gasteiger partial charge in [0.2, 0.25) is 0 Å². The zero-order valence-corrected chi connectivity index (χ0v) is 22.2. The molecule has 1 aliphatic heterocycles. The predicted molar refractivity (Wildman–Crippen MR) is 137 cm³/mol. The van der Waals surface area contributed by atoms with Crippen molar-refractivity contribution in [3.8, 4) is 5.75 Å². The summed E-state index contributed by atoms with van der Waals surface area (Å²) in [4.78, 5) is 30.6. The molecule has 10 heteroatoms. The largest absolute Gasteiger partial charge is 0.497 e. The van der Waals surface area contributed by atoms with Crippen LogP contribution in [0.5, 0.6) is 5.75 Å². The van der Waals surface area contributed by atoms with Crippen LogP contribution in [0.1, 0.15) is 51.9 Å². The van der Waals surface area contributed by atoms with Crippen LogP contribution >= 0.6 is 0 Å². The number of hydrogen-bond acceptors (Lipinski definition) is 6. The van der Waals surface area contributed by atoms with Crippen LogP contribution in [-0.2, 0) is 41.3 Å². The Bertz CT molecular complexity index is 1510. The van der Waals surface area contributed by atoms with Crippen LogP contribution in [0, 0.1) is 0 Å². The third-order valence-electron chi connectivity index (χ3n) is 9.58. The molecular formula is C26H33BN4O5. The molecule has 7 rings (SSSR count). The number of hydrogen-bond donors (Lipinski definition) is 0. The van der Waals surface area contributed by atoms with Crippen molar-refractivity contribution in [2.75, 3.05) is 7.11 Å². The average Bonchev–Trinajstić information content (AvgIpc) is 3.21. The molecule has 190 valence electrons. The zero-order chi connectivity index (χ0) is 26.0. The highest BCUT2D eigenvalue weighted by molar-refractivity contribution is 6.49. The normalized spacial score (nSPS) is 29.8. The quantitative estimate of drug-likeness (QED) is 0.520. The Balaban J connectivity index is 1.51. The van der Waals surface area contributed by atoms with Crippen molar-refractivity contribution < 1.29 is 14.0 Å². The monoisotopic (exact) mass is 492 g/mol. The number of methoxy groups -OCH3 is 1. The molecule has 2 aromatic heterocycles. The minimum Gasteiger partial charge on any atom is -0.497 e. The molecule has 0 amide bonds. The van der Waals surface area contributed by atoms with Crippen LogP contribution in [0.25, 0.3) is 11.2 Å². The lowest BCUT2D eigenvalue weighted by molar-refractivity contribution is -0.0912. The lowest BCUT2D eigenvalue weighted by Gasteiger charge is -2.76. The Morgan fingerprint density at radius 1 is 0.917 bits per heavy atom. The minimum atomic E-state index is -0.464. The Morgan fingerprint density at radius 3 is 2.06 bits per heavy atom. The van der Waals surface area contributed by atoms with Gasteiger partial charge in [-0.25, -0.2) is 9.78 Å². The van der Waals surface area contributed by atoms with E-state index in [0.29, 0.717) is 11.2 Å². The summed E-state index contributed by atoms with van der Waals surface area (Å²) in [5.41, 5.74) is -0.0142. The SMILES string of the molecule is COc1ccc(C23CC(c4nc5c(c(=O)n(C)c(=O)n5C)n4C)(C2)C3B2OC(C)(C)C(C)(C)O2)cc1. The van der Waals surface area contributed by atoms with E-state index in [9.17, 15) is 9.59 Å². The fourth-order valence-corrected chi connectivity index (χ4v) is 6.89. The van der Waals surface area contributed by atoms with Gasteiger partial charge in [-0.2, -0.15) is 0 Å². The summed E-state index contributed by atoms with van der Waals surface area (Å²) in [5.74, 6) is 1.64. The molecule has 0 N–H and O–H groups in total. The summed E-state index contributed by atoms with van der Waals surface area (Å²) in [5, 5.41) is 0. The predicted octanol–water partition coefficient (Wildman–Crippen LogP) is 2.42. The molecule has 0 spiro atoms. The van der Waals surface area contributed by atoms with Gasteiger partial charge in [-0.05, 0) is 63.6 Å². The van der Waals surface area contributed by atoms with Gasteiger partial charge in [0.25, 0.3) is 5.56 Å². The molecule has 4 aliphatic rings.